The molecule has 0 atom stereocenters. The zero-order valence-corrected chi connectivity index (χ0v) is 20.0. The Morgan fingerprint density at radius 3 is 2.71 bits per heavy atom. The number of carbonyl (C=O) groups is 1. The number of hydrogen-bond donors (Lipinski definition) is 2. The van der Waals surface area contributed by atoms with Gasteiger partial charge in [-0.05, 0) is 60.5 Å². The molecule has 35 heavy (non-hydrogen) atoms. The van der Waals surface area contributed by atoms with Crippen molar-refractivity contribution in [2.24, 2.45) is 0 Å². The number of amides is 1. The molecular formula is C27H24ClN5O2. The monoisotopic (exact) mass is 485 g/mol. The van der Waals surface area contributed by atoms with E-state index in [1.54, 1.807) is 19.4 Å². The summed E-state index contributed by atoms with van der Waals surface area (Å²) in [7, 11) is 1.58. The predicted molar refractivity (Wildman–Crippen MR) is 136 cm³/mol. The molecule has 0 saturated carbocycles. The van der Waals surface area contributed by atoms with Crippen molar-refractivity contribution in [3.8, 4) is 11.8 Å². The molecule has 2 aromatic heterocycles. The lowest BCUT2D eigenvalue weighted by Gasteiger charge is -2.13. The fraction of sp³-hybridized carbons (Fsp3) is 0.185. The number of nitriles is 1. The highest BCUT2D eigenvalue weighted by atomic mass is 35.5. The van der Waals surface area contributed by atoms with Crippen LogP contribution in [0.25, 0.3) is 10.9 Å². The average molecular weight is 486 g/mol. The maximum atomic E-state index is 12.4. The van der Waals surface area contributed by atoms with Crippen LogP contribution in [0.3, 0.4) is 0 Å². The fourth-order valence-electron chi connectivity index (χ4n) is 3.66. The number of methoxy groups -OCH3 is 1. The summed E-state index contributed by atoms with van der Waals surface area (Å²) in [5, 5.41) is 17.1. The number of pyridine rings is 2. The minimum absolute atomic E-state index is 0.0697. The maximum absolute atomic E-state index is 12.4. The van der Waals surface area contributed by atoms with Gasteiger partial charge in [0.1, 0.15) is 5.75 Å². The molecule has 8 heteroatoms. The number of nitrogens with zero attached hydrogens (tertiary/aromatic N) is 3. The van der Waals surface area contributed by atoms with E-state index in [1.165, 1.54) is 0 Å². The van der Waals surface area contributed by atoms with Crippen molar-refractivity contribution in [3.63, 3.8) is 0 Å². The number of aromatic nitrogens is 2. The van der Waals surface area contributed by atoms with Gasteiger partial charge in [0.15, 0.2) is 0 Å². The molecule has 0 spiro atoms. The van der Waals surface area contributed by atoms with Crippen molar-refractivity contribution in [3.05, 3.63) is 94.4 Å². The summed E-state index contributed by atoms with van der Waals surface area (Å²) < 4.78 is 5.22. The Hall–Kier alpha value is -4.15. The molecule has 0 fully saturated rings. The number of benzene rings is 2. The molecule has 0 saturated heterocycles. The molecule has 176 valence electrons. The fourth-order valence-corrected chi connectivity index (χ4v) is 3.94. The van der Waals surface area contributed by atoms with Crippen molar-refractivity contribution >= 4 is 34.1 Å². The number of halogens is 1. The van der Waals surface area contributed by atoms with Gasteiger partial charge in [0.25, 0.3) is 0 Å². The van der Waals surface area contributed by atoms with Gasteiger partial charge in [-0.2, -0.15) is 5.26 Å². The summed E-state index contributed by atoms with van der Waals surface area (Å²) in [6, 6.07) is 20.7. The summed E-state index contributed by atoms with van der Waals surface area (Å²) >= 11 is 6.27. The predicted octanol–water partition coefficient (Wildman–Crippen LogP) is 5.02. The highest BCUT2D eigenvalue weighted by Crippen LogP contribution is 2.28. The van der Waals surface area contributed by atoms with E-state index in [4.69, 9.17) is 21.3 Å². The van der Waals surface area contributed by atoms with E-state index in [0.717, 1.165) is 33.5 Å². The van der Waals surface area contributed by atoms with Crippen LogP contribution >= 0.6 is 11.6 Å². The van der Waals surface area contributed by atoms with Crippen molar-refractivity contribution in [2.45, 2.75) is 25.9 Å². The van der Waals surface area contributed by atoms with E-state index >= 15 is 0 Å². The third kappa shape index (κ3) is 6.25. The van der Waals surface area contributed by atoms with Gasteiger partial charge in [0.05, 0.1) is 41.5 Å². The summed E-state index contributed by atoms with van der Waals surface area (Å²) in [5.74, 6) is 0.548. The standard InChI is InChI=1S/C27H24ClN5O2/c1-35-26-9-6-19(13-23(26)28)16-31-25-14-20(33-24-8-5-18(15-29)12-22(24)25)7-10-27(34)32-17-21-4-2-3-11-30-21/h2-6,8-9,11-14H,7,10,16-17H2,1H3,(H,31,33)(H,32,34). The quantitative estimate of drug-likeness (QED) is 0.345. The lowest BCUT2D eigenvalue weighted by atomic mass is 10.1. The van der Waals surface area contributed by atoms with E-state index in [2.05, 4.69) is 21.7 Å². The van der Waals surface area contributed by atoms with Crippen molar-refractivity contribution in [2.75, 3.05) is 12.4 Å². The van der Waals surface area contributed by atoms with Crippen LogP contribution in [0.4, 0.5) is 5.69 Å². The Labute approximate surface area is 208 Å². The van der Waals surface area contributed by atoms with Gasteiger partial charge in [-0.15, -0.1) is 0 Å². The second-order valence-corrected chi connectivity index (χ2v) is 8.33. The molecule has 2 N–H and O–H groups in total. The van der Waals surface area contributed by atoms with Crippen LogP contribution in [0.15, 0.2) is 66.9 Å². The molecule has 0 aliphatic heterocycles. The summed E-state index contributed by atoms with van der Waals surface area (Å²) in [4.78, 5) is 21.3. The Balaban J connectivity index is 1.49. The van der Waals surface area contributed by atoms with Crippen molar-refractivity contribution in [1.29, 1.82) is 5.26 Å². The Morgan fingerprint density at radius 1 is 1.09 bits per heavy atom. The smallest absolute Gasteiger partial charge is 0.220 e. The number of anilines is 1. The van der Waals surface area contributed by atoms with Crippen LogP contribution in [0, 0.1) is 11.3 Å². The largest absolute Gasteiger partial charge is 0.495 e. The Morgan fingerprint density at radius 2 is 1.97 bits per heavy atom. The molecular weight excluding hydrogens is 462 g/mol. The zero-order valence-electron chi connectivity index (χ0n) is 19.2. The maximum Gasteiger partial charge on any atom is 0.220 e. The van der Waals surface area contributed by atoms with E-state index in [-0.39, 0.29) is 5.91 Å². The molecule has 4 rings (SSSR count). The van der Waals surface area contributed by atoms with Crippen molar-refractivity contribution < 1.29 is 9.53 Å². The third-order valence-corrected chi connectivity index (χ3v) is 5.79. The van der Waals surface area contributed by atoms with Gasteiger partial charge >= 0.3 is 0 Å². The minimum Gasteiger partial charge on any atom is -0.495 e. The molecule has 0 aliphatic carbocycles. The summed E-state index contributed by atoms with van der Waals surface area (Å²) in [5.41, 5.74) is 4.71. The van der Waals surface area contributed by atoms with Gasteiger partial charge in [-0.1, -0.05) is 23.7 Å². The van der Waals surface area contributed by atoms with Crippen molar-refractivity contribution in [1.82, 2.24) is 15.3 Å². The summed E-state index contributed by atoms with van der Waals surface area (Å²) in [6.45, 7) is 0.905. The van der Waals surface area contributed by atoms with E-state index in [9.17, 15) is 10.1 Å². The lowest BCUT2D eigenvalue weighted by Crippen LogP contribution is -2.23. The molecule has 1 amide bonds. The first-order chi connectivity index (χ1) is 17.1. The SMILES string of the molecule is COc1ccc(CNc2cc(CCC(=O)NCc3ccccn3)nc3ccc(C#N)cc23)cc1Cl. The first-order valence-corrected chi connectivity index (χ1v) is 11.5. The molecule has 0 bridgehead atoms. The lowest BCUT2D eigenvalue weighted by molar-refractivity contribution is -0.121. The zero-order chi connectivity index (χ0) is 24.6. The van der Waals surface area contributed by atoms with Gasteiger partial charge in [-0.3, -0.25) is 14.8 Å². The normalized spacial score (nSPS) is 10.5. The average Bonchev–Trinajstić information content (AvgIpc) is 2.89. The van der Waals surface area contributed by atoms with Crippen LogP contribution in [0.1, 0.15) is 28.9 Å². The molecule has 2 aromatic carbocycles. The van der Waals surface area contributed by atoms with Gasteiger partial charge < -0.3 is 15.4 Å². The van der Waals surface area contributed by atoms with Crippen LogP contribution in [-0.4, -0.2) is 23.0 Å². The highest BCUT2D eigenvalue weighted by molar-refractivity contribution is 6.32. The molecule has 0 radical (unpaired) electrons. The van der Waals surface area contributed by atoms with E-state index in [1.807, 2.05) is 54.6 Å². The van der Waals surface area contributed by atoms with Gasteiger partial charge in [-0.25, -0.2) is 0 Å². The first kappa shape index (κ1) is 24.0. The summed E-state index contributed by atoms with van der Waals surface area (Å²) in [6.07, 6.45) is 2.48. The Kier molecular flexibility index (Phi) is 7.76. The second kappa shape index (κ2) is 11.3. The molecule has 4 aromatic rings. The number of hydrogen-bond acceptors (Lipinski definition) is 6. The van der Waals surface area contributed by atoms with E-state index < -0.39 is 0 Å². The van der Waals surface area contributed by atoms with Crippen LogP contribution < -0.4 is 15.4 Å². The first-order valence-electron chi connectivity index (χ1n) is 11.1. The number of fused-ring (bicyclic) bond motifs is 1. The number of carbonyl (C=O) groups excluding carboxylic acids is 1. The molecule has 0 unspecified atom stereocenters. The van der Waals surface area contributed by atoms with Gasteiger partial charge in [0.2, 0.25) is 5.91 Å². The van der Waals surface area contributed by atoms with Gasteiger partial charge in [0, 0.05) is 35.9 Å². The number of ether oxygens (including phenoxy) is 1. The molecule has 0 aliphatic rings. The molecule has 2 heterocycles. The number of rotatable bonds is 9. The highest BCUT2D eigenvalue weighted by Gasteiger charge is 2.10. The molecule has 7 nitrogen and oxygen atoms in total. The van der Waals surface area contributed by atoms with Crippen LogP contribution in [0.5, 0.6) is 5.75 Å². The van der Waals surface area contributed by atoms with E-state index in [0.29, 0.717) is 42.3 Å². The Bertz CT molecular complexity index is 1390. The van der Waals surface area contributed by atoms with Crippen LogP contribution in [-0.2, 0) is 24.3 Å². The van der Waals surface area contributed by atoms with Crippen LogP contribution in [0.2, 0.25) is 5.02 Å². The third-order valence-electron chi connectivity index (χ3n) is 5.49. The number of aryl methyl sites for hydroxylation is 1. The second-order valence-electron chi connectivity index (χ2n) is 7.93. The topological polar surface area (TPSA) is 99.9 Å². The number of nitrogens with one attached hydrogen (secondary N) is 2. The minimum atomic E-state index is -0.0697.